The van der Waals surface area contributed by atoms with Crippen molar-refractivity contribution >= 4 is 0 Å². The summed E-state index contributed by atoms with van der Waals surface area (Å²) in [5.41, 5.74) is -1.74. The van der Waals surface area contributed by atoms with Gasteiger partial charge in [0.2, 0.25) is 0 Å². The van der Waals surface area contributed by atoms with Crippen molar-refractivity contribution in [2.24, 2.45) is 0 Å². The van der Waals surface area contributed by atoms with E-state index in [4.69, 9.17) is 0 Å². The van der Waals surface area contributed by atoms with Gasteiger partial charge in [-0.05, 0) is 51.6 Å². The highest BCUT2D eigenvalue weighted by Gasteiger charge is 2.57. The van der Waals surface area contributed by atoms with E-state index in [1.165, 1.54) is 19.3 Å². The fourth-order valence-corrected chi connectivity index (χ4v) is 3.88. The zero-order chi connectivity index (χ0) is 11.9. The molecule has 3 heteroatoms. The highest BCUT2D eigenvalue weighted by Crippen LogP contribution is 2.48. The highest BCUT2D eigenvalue weighted by molar-refractivity contribution is 5.18. The van der Waals surface area contributed by atoms with E-state index in [9.17, 15) is 10.2 Å². The summed E-state index contributed by atoms with van der Waals surface area (Å²) in [4.78, 5) is 2.48. The molecule has 2 atom stereocenters. The van der Waals surface area contributed by atoms with Crippen molar-refractivity contribution in [3.8, 4) is 0 Å². The van der Waals surface area contributed by atoms with Crippen LogP contribution in [0, 0.1) is 0 Å². The molecule has 2 aliphatic carbocycles. The Morgan fingerprint density at radius 2 is 1.41 bits per heavy atom. The van der Waals surface area contributed by atoms with Gasteiger partial charge in [-0.25, -0.2) is 0 Å². The Labute approximate surface area is 103 Å². The van der Waals surface area contributed by atoms with Gasteiger partial charge in [-0.1, -0.05) is 18.6 Å². The molecule has 3 rings (SSSR count). The third-order valence-electron chi connectivity index (χ3n) is 5.00. The maximum absolute atomic E-state index is 10.6. The van der Waals surface area contributed by atoms with Crippen LogP contribution in [0.4, 0.5) is 0 Å². The van der Waals surface area contributed by atoms with E-state index in [0.29, 0.717) is 18.9 Å². The first-order valence-electron chi connectivity index (χ1n) is 6.97. The Morgan fingerprint density at radius 3 is 1.94 bits per heavy atom. The number of piperidine rings is 1. The number of rotatable bonds is 1. The molecular weight excluding hydrogens is 214 g/mol. The molecule has 0 bridgehead atoms. The van der Waals surface area contributed by atoms with Gasteiger partial charge in [0, 0.05) is 6.04 Å². The lowest BCUT2D eigenvalue weighted by molar-refractivity contribution is -0.130. The molecule has 0 aromatic carbocycles. The van der Waals surface area contributed by atoms with Crippen LogP contribution in [0.1, 0.15) is 44.9 Å². The number of hydrogen-bond donors (Lipinski definition) is 2. The van der Waals surface area contributed by atoms with Gasteiger partial charge in [-0.15, -0.1) is 0 Å². The minimum absolute atomic E-state index is 0.380. The second kappa shape index (κ2) is 4.08. The third-order valence-corrected chi connectivity index (χ3v) is 5.00. The quantitative estimate of drug-likeness (QED) is 0.678. The Hall–Kier alpha value is -0.380. The van der Waals surface area contributed by atoms with E-state index < -0.39 is 11.2 Å². The van der Waals surface area contributed by atoms with Crippen LogP contribution in [0.15, 0.2) is 12.2 Å². The van der Waals surface area contributed by atoms with E-state index in [1.807, 2.05) is 12.2 Å². The molecule has 1 heterocycles. The summed E-state index contributed by atoms with van der Waals surface area (Å²) in [6, 6.07) is 0.380. The summed E-state index contributed by atoms with van der Waals surface area (Å²) in [6.07, 6.45) is 10.6. The maximum atomic E-state index is 10.6. The number of nitrogens with zero attached hydrogens (tertiary/aromatic N) is 1. The van der Waals surface area contributed by atoms with E-state index in [0.717, 1.165) is 25.9 Å². The molecule has 3 nitrogen and oxygen atoms in total. The van der Waals surface area contributed by atoms with E-state index >= 15 is 0 Å². The van der Waals surface area contributed by atoms with Crippen molar-refractivity contribution in [2.75, 3.05) is 13.1 Å². The first-order valence-corrected chi connectivity index (χ1v) is 6.97. The maximum Gasteiger partial charge on any atom is 0.0986 e. The van der Waals surface area contributed by atoms with E-state index in [1.54, 1.807) is 0 Å². The lowest BCUT2D eigenvalue weighted by Crippen LogP contribution is -2.50. The molecule has 0 aromatic rings. The predicted octanol–water partition coefficient (Wildman–Crippen LogP) is 1.45. The minimum Gasteiger partial charge on any atom is -0.386 e. The van der Waals surface area contributed by atoms with Crippen molar-refractivity contribution in [3.05, 3.63) is 12.2 Å². The zero-order valence-corrected chi connectivity index (χ0v) is 10.4. The monoisotopic (exact) mass is 237 g/mol. The van der Waals surface area contributed by atoms with Gasteiger partial charge >= 0.3 is 0 Å². The summed E-state index contributed by atoms with van der Waals surface area (Å²) in [7, 11) is 0. The van der Waals surface area contributed by atoms with Crippen LogP contribution in [0.2, 0.25) is 0 Å². The molecule has 2 N–H and O–H groups in total. The number of likely N-dealkylation sites (tertiary alicyclic amines) is 1. The molecule has 17 heavy (non-hydrogen) atoms. The zero-order valence-electron chi connectivity index (χ0n) is 10.4. The van der Waals surface area contributed by atoms with Crippen molar-refractivity contribution in [1.82, 2.24) is 4.90 Å². The van der Waals surface area contributed by atoms with Crippen molar-refractivity contribution in [1.29, 1.82) is 0 Å². The molecule has 2 fully saturated rings. The summed E-state index contributed by atoms with van der Waals surface area (Å²) >= 11 is 0. The Balaban J connectivity index is 1.75. The predicted molar refractivity (Wildman–Crippen MR) is 66.7 cm³/mol. The van der Waals surface area contributed by atoms with Crippen LogP contribution < -0.4 is 0 Å². The van der Waals surface area contributed by atoms with Gasteiger partial charge in [-0.3, -0.25) is 0 Å². The molecule has 96 valence electrons. The Morgan fingerprint density at radius 1 is 0.882 bits per heavy atom. The molecule has 0 spiro atoms. The summed E-state index contributed by atoms with van der Waals surface area (Å²) < 4.78 is 0. The number of fused-ring (bicyclic) bond motifs is 1. The van der Waals surface area contributed by atoms with Gasteiger partial charge in [0.15, 0.2) is 0 Å². The molecule has 1 aliphatic heterocycles. The molecule has 1 saturated heterocycles. The first kappa shape index (κ1) is 11.7. The van der Waals surface area contributed by atoms with E-state index in [2.05, 4.69) is 4.90 Å². The molecular formula is C14H23NO2. The standard InChI is InChI=1S/C14H23NO2/c16-13-6-2-3-7-14(13,17)11-12(10-13)15-8-4-1-5-9-15/h2-3,12,16-17H,1,4-11H2. The number of aliphatic hydroxyl groups is 2. The lowest BCUT2D eigenvalue weighted by atomic mass is 9.77. The fourth-order valence-electron chi connectivity index (χ4n) is 3.88. The first-order chi connectivity index (χ1) is 8.13. The number of hydrogen-bond acceptors (Lipinski definition) is 3. The molecule has 0 radical (unpaired) electrons. The topological polar surface area (TPSA) is 43.7 Å². The normalized spacial score (nSPS) is 47.1. The summed E-state index contributed by atoms with van der Waals surface area (Å²) in [5, 5.41) is 21.3. The van der Waals surface area contributed by atoms with Crippen LogP contribution in [-0.4, -0.2) is 45.4 Å². The molecule has 0 amide bonds. The molecule has 2 unspecified atom stereocenters. The average molecular weight is 237 g/mol. The van der Waals surface area contributed by atoms with Crippen molar-refractivity contribution in [2.45, 2.75) is 62.2 Å². The fraction of sp³-hybridized carbons (Fsp3) is 0.857. The third kappa shape index (κ3) is 1.85. The van der Waals surface area contributed by atoms with Crippen molar-refractivity contribution in [3.63, 3.8) is 0 Å². The minimum atomic E-state index is -0.871. The van der Waals surface area contributed by atoms with Gasteiger partial charge in [0.05, 0.1) is 11.2 Å². The van der Waals surface area contributed by atoms with Crippen LogP contribution in [0.25, 0.3) is 0 Å². The Bertz CT molecular complexity index is 302. The highest BCUT2D eigenvalue weighted by atomic mass is 16.4. The average Bonchev–Trinajstić information content (AvgIpc) is 2.62. The van der Waals surface area contributed by atoms with Gasteiger partial charge in [0.25, 0.3) is 0 Å². The summed E-state index contributed by atoms with van der Waals surface area (Å²) in [6.45, 7) is 2.29. The van der Waals surface area contributed by atoms with Crippen LogP contribution in [0.3, 0.4) is 0 Å². The van der Waals surface area contributed by atoms with Crippen LogP contribution >= 0.6 is 0 Å². The van der Waals surface area contributed by atoms with Crippen molar-refractivity contribution < 1.29 is 10.2 Å². The molecule has 1 saturated carbocycles. The lowest BCUT2D eigenvalue weighted by Gasteiger charge is -2.39. The van der Waals surface area contributed by atoms with Gasteiger partial charge in [0.1, 0.15) is 0 Å². The van der Waals surface area contributed by atoms with Crippen LogP contribution in [-0.2, 0) is 0 Å². The summed E-state index contributed by atoms with van der Waals surface area (Å²) in [5.74, 6) is 0. The van der Waals surface area contributed by atoms with Gasteiger partial charge in [-0.2, -0.15) is 0 Å². The molecule has 3 aliphatic rings. The second-order valence-electron chi connectivity index (χ2n) is 6.10. The van der Waals surface area contributed by atoms with Crippen LogP contribution in [0.5, 0.6) is 0 Å². The second-order valence-corrected chi connectivity index (χ2v) is 6.10. The Kier molecular flexibility index (Phi) is 2.80. The van der Waals surface area contributed by atoms with E-state index in [-0.39, 0.29) is 0 Å². The smallest absolute Gasteiger partial charge is 0.0986 e. The molecule has 0 aromatic heterocycles. The largest absolute Gasteiger partial charge is 0.386 e. The van der Waals surface area contributed by atoms with Gasteiger partial charge < -0.3 is 15.1 Å². The SMILES string of the molecule is OC12CC=CCC1(O)CC(N1CCCCC1)C2.